The second kappa shape index (κ2) is 7.61. The van der Waals surface area contributed by atoms with Crippen molar-refractivity contribution < 1.29 is 19.1 Å². The highest BCUT2D eigenvalue weighted by Crippen LogP contribution is 2.30. The summed E-state index contributed by atoms with van der Waals surface area (Å²) in [6.07, 6.45) is 2.36. The number of aryl methyl sites for hydroxylation is 1. The van der Waals surface area contributed by atoms with Crippen molar-refractivity contribution in [1.29, 1.82) is 0 Å². The lowest BCUT2D eigenvalue weighted by Gasteiger charge is -2.29. The van der Waals surface area contributed by atoms with Crippen LogP contribution in [0.3, 0.4) is 0 Å². The Morgan fingerprint density at radius 3 is 2.93 bits per heavy atom. The molecule has 0 fully saturated rings. The summed E-state index contributed by atoms with van der Waals surface area (Å²) in [7, 11) is 0. The van der Waals surface area contributed by atoms with Gasteiger partial charge in [0.25, 0.3) is 5.91 Å². The van der Waals surface area contributed by atoms with E-state index in [1.807, 2.05) is 24.3 Å². The summed E-state index contributed by atoms with van der Waals surface area (Å²) < 4.78 is 10.9. The molecule has 0 aliphatic carbocycles. The van der Waals surface area contributed by atoms with Crippen molar-refractivity contribution >= 4 is 29.2 Å². The minimum atomic E-state index is -0.433. The zero-order chi connectivity index (χ0) is 18.8. The number of ether oxygens (including phenoxy) is 2. The highest BCUT2D eigenvalue weighted by Gasteiger charge is 2.29. The monoisotopic (exact) mass is 385 g/mol. The molecule has 2 aromatic rings. The van der Waals surface area contributed by atoms with Crippen LogP contribution < -0.4 is 9.64 Å². The summed E-state index contributed by atoms with van der Waals surface area (Å²) in [5, 5.41) is 0.602. The molecule has 140 valence electrons. The molecule has 0 spiro atoms. The van der Waals surface area contributed by atoms with Crippen LogP contribution >= 0.6 is 11.6 Å². The Kier molecular flexibility index (Phi) is 5.03. The fourth-order valence-electron chi connectivity index (χ4n) is 3.64. The van der Waals surface area contributed by atoms with Gasteiger partial charge in [-0.25, -0.2) is 0 Å². The number of halogens is 1. The first-order chi connectivity index (χ1) is 13.1. The zero-order valence-corrected chi connectivity index (χ0v) is 15.6. The summed E-state index contributed by atoms with van der Waals surface area (Å²) in [5.41, 5.74) is 2.94. The van der Waals surface area contributed by atoms with Gasteiger partial charge < -0.3 is 14.4 Å². The van der Waals surface area contributed by atoms with Crippen LogP contribution in [0.5, 0.6) is 5.75 Å². The van der Waals surface area contributed by atoms with Gasteiger partial charge in [0.15, 0.2) is 6.61 Å². The molecule has 0 aromatic heterocycles. The summed E-state index contributed by atoms with van der Waals surface area (Å²) in [4.78, 5) is 26.7. The lowest BCUT2D eigenvalue weighted by Crippen LogP contribution is -2.39. The first-order valence-corrected chi connectivity index (χ1v) is 9.46. The maximum Gasteiger partial charge on any atom is 0.313 e. The van der Waals surface area contributed by atoms with Gasteiger partial charge in [-0.1, -0.05) is 29.8 Å². The Morgan fingerprint density at radius 1 is 1.19 bits per heavy atom. The molecular weight excluding hydrogens is 366 g/mol. The minimum absolute atomic E-state index is 0.198. The Labute approximate surface area is 162 Å². The predicted octanol–water partition coefficient (Wildman–Crippen LogP) is 3.41. The van der Waals surface area contributed by atoms with Crippen molar-refractivity contribution in [1.82, 2.24) is 0 Å². The van der Waals surface area contributed by atoms with E-state index < -0.39 is 11.9 Å². The SMILES string of the molecule is O=C(OCC(=O)N1CCCc2ccccc21)[C@H]1COc2ccc(Cl)cc2C1. The number of para-hydroxylation sites is 1. The number of benzene rings is 2. The fourth-order valence-corrected chi connectivity index (χ4v) is 3.83. The molecule has 2 aromatic carbocycles. The van der Waals surface area contributed by atoms with Crippen molar-refractivity contribution in [3.05, 3.63) is 58.6 Å². The van der Waals surface area contributed by atoms with E-state index in [0.29, 0.717) is 18.0 Å². The largest absolute Gasteiger partial charge is 0.492 e. The van der Waals surface area contributed by atoms with Crippen LogP contribution in [0.4, 0.5) is 5.69 Å². The molecule has 1 amide bonds. The van der Waals surface area contributed by atoms with Gasteiger partial charge in [-0.3, -0.25) is 9.59 Å². The van der Waals surface area contributed by atoms with E-state index in [-0.39, 0.29) is 19.1 Å². The van der Waals surface area contributed by atoms with Gasteiger partial charge in [0.2, 0.25) is 0 Å². The standard InChI is InChI=1S/C21H20ClNO4/c22-17-7-8-19-15(11-17)10-16(12-26-19)21(25)27-13-20(24)23-9-3-5-14-4-1-2-6-18(14)23/h1-2,4,6-8,11,16H,3,5,9-10,12-13H2/t16-/m1/s1. The molecule has 0 N–H and O–H groups in total. The van der Waals surface area contributed by atoms with Gasteiger partial charge in [0, 0.05) is 17.3 Å². The number of esters is 1. The molecule has 6 heteroatoms. The van der Waals surface area contributed by atoms with Gasteiger partial charge in [0.1, 0.15) is 12.4 Å². The Hall–Kier alpha value is -2.53. The number of carbonyl (C=O) groups is 2. The molecule has 5 nitrogen and oxygen atoms in total. The fraction of sp³-hybridized carbons (Fsp3) is 0.333. The van der Waals surface area contributed by atoms with E-state index in [1.54, 1.807) is 23.1 Å². The third-order valence-corrected chi connectivity index (χ3v) is 5.25. The number of rotatable bonds is 3. The molecule has 4 rings (SSSR count). The van der Waals surface area contributed by atoms with Crippen LogP contribution in [0.1, 0.15) is 17.5 Å². The van der Waals surface area contributed by atoms with Gasteiger partial charge in [0.05, 0.1) is 5.92 Å². The van der Waals surface area contributed by atoms with E-state index in [2.05, 4.69) is 0 Å². The van der Waals surface area contributed by atoms with E-state index in [1.165, 1.54) is 0 Å². The van der Waals surface area contributed by atoms with Crippen LogP contribution in [0.15, 0.2) is 42.5 Å². The van der Waals surface area contributed by atoms with Crippen molar-refractivity contribution in [2.45, 2.75) is 19.3 Å². The molecule has 0 unspecified atom stereocenters. The molecule has 2 heterocycles. The van der Waals surface area contributed by atoms with Crippen LogP contribution in [-0.2, 0) is 27.2 Å². The number of carbonyl (C=O) groups excluding carboxylic acids is 2. The normalized spacial score (nSPS) is 18.1. The lowest BCUT2D eigenvalue weighted by atomic mass is 9.97. The van der Waals surface area contributed by atoms with E-state index in [9.17, 15) is 9.59 Å². The predicted molar refractivity (Wildman–Crippen MR) is 102 cm³/mol. The molecule has 2 aliphatic heterocycles. The maximum absolute atomic E-state index is 12.6. The second-order valence-corrected chi connectivity index (χ2v) is 7.29. The molecule has 27 heavy (non-hydrogen) atoms. The van der Waals surface area contributed by atoms with Gasteiger partial charge >= 0.3 is 5.97 Å². The molecule has 0 saturated carbocycles. The summed E-state index contributed by atoms with van der Waals surface area (Å²) in [6, 6.07) is 13.2. The Balaban J connectivity index is 1.37. The van der Waals surface area contributed by atoms with E-state index in [0.717, 1.165) is 35.4 Å². The maximum atomic E-state index is 12.6. The smallest absolute Gasteiger partial charge is 0.313 e. The average molecular weight is 386 g/mol. The van der Waals surface area contributed by atoms with Crippen molar-refractivity contribution in [2.24, 2.45) is 5.92 Å². The van der Waals surface area contributed by atoms with Crippen molar-refractivity contribution in [2.75, 3.05) is 24.7 Å². The third kappa shape index (κ3) is 3.78. The highest BCUT2D eigenvalue weighted by molar-refractivity contribution is 6.30. The molecule has 0 bridgehead atoms. The van der Waals surface area contributed by atoms with Crippen molar-refractivity contribution in [3.8, 4) is 5.75 Å². The quantitative estimate of drug-likeness (QED) is 0.760. The topological polar surface area (TPSA) is 55.8 Å². The highest BCUT2D eigenvalue weighted by atomic mass is 35.5. The number of fused-ring (bicyclic) bond motifs is 2. The van der Waals surface area contributed by atoms with Crippen LogP contribution in [0.25, 0.3) is 0 Å². The number of hydrogen-bond acceptors (Lipinski definition) is 4. The summed E-state index contributed by atoms with van der Waals surface area (Å²) in [5.74, 6) is -0.309. The van der Waals surface area contributed by atoms with E-state index >= 15 is 0 Å². The molecule has 0 radical (unpaired) electrons. The van der Waals surface area contributed by atoms with Crippen LogP contribution in [0.2, 0.25) is 5.02 Å². The molecule has 2 aliphatic rings. The number of anilines is 1. The number of nitrogens with zero attached hydrogens (tertiary/aromatic N) is 1. The van der Waals surface area contributed by atoms with Crippen molar-refractivity contribution in [3.63, 3.8) is 0 Å². The van der Waals surface area contributed by atoms with Gasteiger partial charge in [-0.05, 0) is 54.7 Å². The van der Waals surface area contributed by atoms with Gasteiger partial charge in [-0.15, -0.1) is 0 Å². The van der Waals surface area contributed by atoms with Crippen LogP contribution in [-0.4, -0.2) is 31.6 Å². The zero-order valence-electron chi connectivity index (χ0n) is 14.8. The molecular formula is C21H20ClNO4. The van der Waals surface area contributed by atoms with Gasteiger partial charge in [-0.2, -0.15) is 0 Å². The first kappa shape index (κ1) is 17.9. The Bertz CT molecular complexity index is 882. The molecule has 0 saturated heterocycles. The second-order valence-electron chi connectivity index (χ2n) is 6.85. The first-order valence-electron chi connectivity index (χ1n) is 9.08. The average Bonchev–Trinajstić information content (AvgIpc) is 2.70. The third-order valence-electron chi connectivity index (χ3n) is 5.01. The Morgan fingerprint density at radius 2 is 2.04 bits per heavy atom. The molecule has 1 atom stereocenters. The van der Waals surface area contributed by atoms with Crippen LogP contribution in [0, 0.1) is 5.92 Å². The van der Waals surface area contributed by atoms with E-state index in [4.69, 9.17) is 21.1 Å². The number of hydrogen-bond donors (Lipinski definition) is 0. The number of amides is 1. The summed E-state index contributed by atoms with van der Waals surface area (Å²) in [6.45, 7) is 0.631. The summed E-state index contributed by atoms with van der Waals surface area (Å²) >= 11 is 6.01. The lowest BCUT2D eigenvalue weighted by molar-refractivity contribution is -0.153. The minimum Gasteiger partial charge on any atom is -0.492 e.